The lowest BCUT2D eigenvalue weighted by Crippen LogP contribution is -2.38. The quantitative estimate of drug-likeness (QED) is 0.663. The Morgan fingerprint density at radius 2 is 2.04 bits per heavy atom. The predicted octanol–water partition coefficient (Wildman–Crippen LogP) is -0.442. The first-order valence-electron chi connectivity index (χ1n) is 7.67. The summed E-state index contributed by atoms with van der Waals surface area (Å²) in [5, 5.41) is 5.76. The third kappa shape index (κ3) is 3.25. The van der Waals surface area contributed by atoms with Crippen molar-refractivity contribution in [2.75, 3.05) is 6.54 Å². The molecule has 0 atom stereocenters. The van der Waals surface area contributed by atoms with Gasteiger partial charge in [-0.2, -0.15) is 0 Å². The van der Waals surface area contributed by atoms with Gasteiger partial charge in [0.2, 0.25) is 5.91 Å². The summed E-state index contributed by atoms with van der Waals surface area (Å²) in [7, 11) is 2.94. The maximum Gasteiger partial charge on any atom is 0.332 e. The summed E-state index contributed by atoms with van der Waals surface area (Å²) in [5.74, 6) is -0.234. The largest absolute Gasteiger partial charge is 0.354 e. The molecule has 0 fully saturated rings. The van der Waals surface area contributed by atoms with Gasteiger partial charge in [-0.1, -0.05) is 0 Å². The highest BCUT2D eigenvalue weighted by Crippen LogP contribution is 2.08. The van der Waals surface area contributed by atoms with Gasteiger partial charge in [-0.25, -0.2) is 14.8 Å². The molecule has 3 rings (SSSR count). The van der Waals surface area contributed by atoms with Crippen LogP contribution in [0.4, 0.5) is 0 Å². The fourth-order valence-corrected chi connectivity index (χ4v) is 3.23. The first-order valence-corrected chi connectivity index (χ1v) is 8.55. The number of aromatic nitrogens is 5. The number of fused-ring (bicyclic) bond motifs is 1. The number of carbonyl (C=O) groups is 1. The molecule has 0 aromatic carbocycles. The summed E-state index contributed by atoms with van der Waals surface area (Å²) >= 11 is 1.57. The molecular formula is C15H18N6O3S. The molecule has 9 nitrogen and oxygen atoms in total. The number of imidazole rings is 1. The van der Waals surface area contributed by atoms with Crippen LogP contribution >= 0.6 is 11.3 Å². The van der Waals surface area contributed by atoms with Crippen molar-refractivity contribution >= 4 is 28.4 Å². The Kier molecular flexibility index (Phi) is 4.53. The van der Waals surface area contributed by atoms with E-state index in [2.05, 4.69) is 15.3 Å². The Morgan fingerprint density at radius 3 is 2.72 bits per heavy atom. The molecule has 25 heavy (non-hydrogen) atoms. The van der Waals surface area contributed by atoms with E-state index in [0.717, 1.165) is 15.3 Å². The van der Waals surface area contributed by atoms with Crippen LogP contribution in [-0.2, 0) is 31.9 Å². The number of hydrogen-bond acceptors (Lipinski definition) is 6. The second kappa shape index (κ2) is 6.63. The van der Waals surface area contributed by atoms with E-state index in [1.807, 2.05) is 12.3 Å². The first kappa shape index (κ1) is 17.1. The zero-order valence-corrected chi connectivity index (χ0v) is 15.0. The molecule has 132 valence electrons. The van der Waals surface area contributed by atoms with Crippen LogP contribution in [0.1, 0.15) is 10.7 Å². The van der Waals surface area contributed by atoms with Gasteiger partial charge >= 0.3 is 5.69 Å². The molecule has 1 N–H and O–H groups in total. The monoisotopic (exact) mass is 362 g/mol. The molecule has 1 amide bonds. The zero-order chi connectivity index (χ0) is 18.1. The molecule has 0 bridgehead atoms. The van der Waals surface area contributed by atoms with Crippen LogP contribution in [-0.4, -0.2) is 36.1 Å². The highest BCUT2D eigenvalue weighted by Gasteiger charge is 2.15. The number of hydrogen-bond donors (Lipinski definition) is 1. The molecule has 0 saturated heterocycles. The molecule has 0 radical (unpaired) electrons. The average molecular weight is 362 g/mol. The van der Waals surface area contributed by atoms with Crippen LogP contribution < -0.4 is 16.6 Å². The van der Waals surface area contributed by atoms with E-state index in [0.29, 0.717) is 13.0 Å². The number of nitrogens with one attached hydrogen (secondary N) is 1. The number of thiazole rings is 1. The number of amides is 1. The van der Waals surface area contributed by atoms with Crippen molar-refractivity contribution in [1.82, 2.24) is 29.0 Å². The molecule has 3 heterocycles. The smallest absolute Gasteiger partial charge is 0.332 e. The van der Waals surface area contributed by atoms with Crippen molar-refractivity contribution < 1.29 is 4.79 Å². The summed E-state index contributed by atoms with van der Waals surface area (Å²) in [6.45, 7) is 2.36. The molecule has 0 saturated carbocycles. The lowest BCUT2D eigenvalue weighted by Gasteiger charge is -2.07. The van der Waals surface area contributed by atoms with Crippen LogP contribution in [0.5, 0.6) is 0 Å². The van der Waals surface area contributed by atoms with Crippen molar-refractivity contribution in [2.24, 2.45) is 14.1 Å². The highest BCUT2D eigenvalue weighted by atomic mass is 32.1. The third-order valence-electron chi connectivity index (χ3n) is 3.90. The van der Waals surface area contributed by atoms with Gasteiger partial charge in [0.25, 0.3) is 5.56 Å². The van der Waals surface area contributed by atoms with Gasteiger partial charge in [-0.15, -0.1) is 11.3 Å². The summed E-state index contributed by atoms with van der Waals surface area (Å²) in [6.07, 6.45) is 2.05. The van der Waals surface area contributed by atoms with Gasteiger partial charge < -0.3 is 9.88 Å². The van der Waals surface area contributed by atoms with E-state index in [1.165, 1.54) is 29.6 Å². The fourth-order valence-electron chi connectivity index (χ4n) is 2.58. The van der Waals surface area contributed by atoms with Gasteiger partial charge in [-0.05, 0) is 6.92 Å². The van der Waals surface area contributed by atoms with Gasteiger partial charge in [0.05, 0.1) is 17.0 Å². The Balaban J connectivity index is 1.73. The number of nitrogens with zero attached hydrogens (tertiary/aromatic N) is 5. The minimum absolute atomic E-state index is 0.0416. The fraction of sp³-hybridized carbons (Fsp3) is 0.400. The van der Waals surface area contributed by atoms with Crippen LogP contribution in [0.3, 0.4) is 0 Å². The van der Waals surface area contributed by atoms with Crippen LogP contribution in [0, 0.1) is 6.92 Å². The van der Waals surface area contributed by atoms with Crippen LogP contribution in [0.25, 0.3) is 11.2 Å². The third-order valence-corrected chi connectivity index (χ3v) is 4.72. The van der Waals surface area contributed by atoms with Crippen molar-refractivity contribution in [3.8, 4) is 0 Å². The number of carbonyl (C=O) groups excluding carboxylic acids is 1. The topological polar surface area (TPSA) is 104 Å². The maximum atomic E-state index is 12.3. The van der Waals surface area contributed by atoms with E-state index >= 15 is 0 Å². The number of aryl methyl sites for hydroxylation is 2. The van der Waals surface area contributed by atoms with Gasteiger partial charge in [-0.3, -0.25) is 18.7 Å². The van der Waals surface area contributed by atoms with E-state index in [4.69, 9.17) is 0 Å². The summed E-state index contributed by atoms with van der Waals surface area (Å²) in [4.78, 5) is 44.8. The highest BCUT2D eigenvalue weighted by molar-refractivity contribution is 7.09. The summed E-state index contributed by atoms with van der Waals surface area (Å²) < 4.78 is 3.75. The molecule has 3 aromatic rings. The lowest BCUT2D eigenvalue weighted by molar-refractivity contribution is -0.121. The van der Waals surface area contributed by atoms with E-state index in [9.17, 15) is 14.4 Å². The molecular weight excluding hydrogens is 344 g/mol. The Morgan fingerprint density at radius 1 is 1.28 bits per heavy atom. The normalized spacial score (nSPS) is 11.2. The Hall–Kier alpha value is -2.75. The second-order valence-electron chi connectivity index (χ2n) is 5.71. The summed E-state index contributed by atoms with van der Waals surface area (Å²) in [5.41, 5.74) is 0.514. The van der Waals surface area contributed by atoms with Crippen molar-refractivity contribution in [3.63, 3.8) is 0 Å². The van der Waals surface area contributed by atoms with Crippen LogP contribution in [0.2, 0.25) is 0 Å². The molecule has 0 spiro atoms. The summed E-state index contributed by atoms with van der Waals surface area (Å²) in [6, 6.07) is 0. The maximum absolute atomic E-state index is 12.3. The van der Waals surface area contributed by atoms with E-state index in [-0.39, 0.29) is 23.6 Å². The minimum atomic E-state index is -0.471. The van der Waals surface area contributed by atoms with E-state index < -0.39 is 11.2 Å². The average Bonchev–Trinajstić information content (AvgIpc) is 3.17. The van der Waals surface area contributed by atoms with Gasteiger partial charge in [0.1, 0.15) is 6.54 Å². The van der Waals surface area contributed by atoms with Crippen molar-refractivity contribution in [3.05, 3.63) is 43.2 Å². The molecule has 3 aromatic heterocycles. The standard InChI is InChI=1S/C15H18N6O3S/c1-9-18-10(7-25-9)4-5-16-11(22)6-21-8-17-13-12(21)14(23)20(3)15(24)19(13)2/h7-8H,4-6H2,1-3H3,(H,16,22). The van der Waals surface area contributed by atoms with Crippen molar-refractivity contribution in [2.45, 2.75) is 19.9 Å². The van der Waals surface area contributed by atoms with Gasteiger partial charge in [0, 0.05) is 32.4 Å². The minimum Gasteiger partial charge on any atom is -0.354 e. The SMILES string of the molecule is Cc1nc(CCNC(=O)Cn2cnc3c2c(=O)n(C)c(=O)n3C)cs1. The van der Waals surface area contributed by atoms with Crippen LogP contribution in [0.15, 0.2) is 21.3 Å². The number of rotatable bonds is 5. The molecule has 0 aliphatic carbocycles. The van der Waals surface area contributed by atoms with E-state index in [1.54, 1.807) is 11.3 Å². The molecule has 0 aliphatic heterocycles. The lowest BCUT2D eigenvalue weighted by atomic mass is 10.3. The molecule has 0 unspecified atom stereocenters. The first-order chi connectivity index (χ1) is 11.9. The zero-order valence-electron chi connectivity index (χ0n) is 14.1. The second-order valence-corrected chi connectivity index (χ2v) is 6.77. The Labute approximate surface area is 146 Å². The van der Waals surface area contributed by atoms with Gasteiger partial charge in [0.15, 0.2) is 11.2 Å². The molecule has 0 aliphatic rings. The molecule has 10 heteroatoms. The predicted molar refractivity (Wildman–Crippen MR) is 93.8 cm³/mol. The van der Waals surface area contributed by atoms with Crippen molar-refractivity contribution in [1.29, 1.82) is 0 Å². The Bertz CT molecular complexity index is 1060.